The van der Waals surface area contributed by atoms with Gasteiger partial charge in [-0.15, -0.1) is 0 Å². The number of fused-ring (bicyclic) bond motifs is 3. The Kier molecular flexibility index (Phi) is 5.72. The quantitative estimate of drug-likeness (QED) is 0.731. The van der Waals surface area contributed by atoms with Crippen molar-refractivity contribution in [3.8, 4) is 0 Å². The summed E-state index contributed by atoms with van der Waals surface area (Å²) in [6.07, 6.45) is 3.53. The van der Waals surface area contributed by atoms with Crippen molar-refractivity contribution in [2.75, 3.05) is 29.9 Å². The number of carbonyl (C=O) groups is 2. The van der Waals surface area contributed by atoms with E-state index in [-0.39, 0.29) is 22.8 Å². The average molecular weight is 443 g/mol. The smallest absolute Gasteiger partial charge is 0.251 e. The van der Waals surface area contributed by atoms with Crippen LogP contribution in [-0.4, -0.2) is 46.4 Å². The van der Waals surface area contributed by atoms with Gasteiger partial charge in [-0.25, -0.2) is 13.6 Å². The molecule has 31 heavy (non-hydrogen) atoms. The highest BCUT2D eigenvalue weighted by atomic mass is 32.2. The van der Waals surface area contributed by atoms with E-state index < -0.39 is 10.0 Å². The number of rotatable bonds is 5. The Bertz CT molecular complexity index is 1110. The van der Waals surface area contributed by atoms with E-state index in [0.717, 1.165) is 42.7 Å². The molecule has 0 saturated carbocycles. The van der Waals surface area contributed by atoms with Crippen LogP contribution in [0.4, 0.5) is 11.4 Å². The second kappa shape index (κ2) is 8.32. The van der Waals surface area contributed by atoms with Crippen molar-refractivity contribution in [3.05, 3.63) is 53.6 Å². The van der Waals surface area contributed by atoms with Crippen LogP contribution >= 0.6 is 0 Å². The standard InChI is InChI=1S/C22H26N4O4S/c1-25-20-14-16(7-10-18(20)26-13-3-2-4-19(26)22(25)28)21(27)24-12-11-15-5-8-17(9-6-15)31(23,29)30/h5-10,14,19H,2-4,11-13H2,1H3,(H,24,27)(H2,23,29,30)/t19-/m0/s1. The van der Waals surface area contributed by atoms with Crippen LogP contribution in [0.25, 0.3) is 0 Å². The largest absolute Gasteiger partial charge is 0.358 e. The van der Waals surface area contributed by atoms with E-state index in [4.69, 9.17) is 5.14 Å². The van der Waals surface area contributed by atoms with E-state index in [1.54, 1.807) is 36.2 Å². The molecule has 0 unspecified atom stereocenters. The zero-order chi connectivity index (χ0) is 22.2. The molecule has 2 aliphatic rings. The number of nitrogens with two attached hydrogens (primary N) is 1. The number of benzene rings is 2. The van der Waals surface area contributed by atoms with Crippen molar-refractivity contribution in [1.82, 2.24) is 5.32 Å². The summed E-state index contributed by atoms with van der Waals surface area (Å²) in [6, 6.07) is 11.7. The van der Waals surface area contributed by atoms with Gasteiger partial charge in [0.05, 0.1) is 16.3 Å². The molecule has 2 aliphatic heterocycles. The van der Waals surface area contributed by atoms with E-state index in [9.17, 15) is 18.0 Å². The van der Waals surface area contributed by atoms with Crippen molar-refractivity contribution in [2.45, 2.75) is 36.6 Å². The molecule has 3 N–H and O–H groups in total. The number of hydrogen-bond donors (Lipinski definition) is 2. The minimum Gasteiger partial charge on any atom is -0.358 e. The second-order valence-electron chi connectivity index (χ2n) is 8.00. The minimum atomic E-state index is -3.71. The van der Waals surface area contributed by atoms with Crippen molar-refractivity contribution in [2.24, 2.45) is 5.14 Å². The van der Waals surface area contributed by atoms with Gasteiger partial charge in [-0.3, -0.25) is 9.59 Å². The van der Waals surface area contributed by atoms with Gasteiger partial charge >= 0.3 is 0 Å². The molecule has 2 amide bonds. The number of carbonyl (C=O) groups excluding carboxylic acids is 2. The second-order valence-corrected chi connectivity index (χ2v) is 9.56. The Morgan fingerprint density at radius 2 is 1.87 bits per heavy atom. The summed E-state index contributed by atoms with van der Waals surface area (Å²) in [5, 5.41) is 7.98. The fourth-order valence-corrected chi connectivity index (χ4v) is 4.78. The van der Waals surface area contributed by atoms with Crippen LogP contribution < -0.4 is 20.3 Å². The van der Waals surface area contributed by atoms with Crippen LogP contribution in [0, 0.1) is 0 Å². The molecule has 4 rings (SSSR count). The molecule has 0 spiro atoms. The van der Waals surface area contributed by atoms with E-state index >= 15 is 0 Å². The van der Waals surface area contributed by atoms with Crippen molar-refractivity contribution >= 4 is 33.2 Å². The third kappa shape index (κ3) is 4.28. The summed E-state index contributed by atoms with van der Waals surface area (Å²) in [6.45, 7) is 1.25. The number of piperidine rings is 1. The number of sulfonamides is 1. The lowest BCUT2D eigenvalue weighted by molar-refractivity contribution is -0.120. The van der Waals surface area contributed by atoms with Gasteiger partial charge in [0, 0.05) is 25.7 Å². The molecule has 0 bridgehead atoms. The first-order valence-electron chi connectivity index (χ1n) is 10.3. The van der Waals surface area contributed by atoms with Crippen LogP contribution in [0.5, 0.6) is 0 Å². The molecule has 0 aliphatic carbocycles. The number of hydrogen-bond acceptors (Lipinski definition) is 5. The van der Waals surface area contributed by atoms with E-state index in [2.05, 4.69) is 10.2 Å². The van der Waals surface area contributed by atoms with Gasteiger partial charge < -0.3 is 15.1 Å². The number of amides is 2. The Labute approximate surface area is 182 Å². The van der Waals surface area contributed by atoms with Crippen LogP contribution in [0.1, 0.15) is 35.2 Å². The maximum Gasteiger partial charge on any atom is 0.251 e. The van der Waals surface area contributed by atoms with Crippen LogP contribution in [0.15, 0.2) is 47.4 Å². The topological polar surface area (TPSA) is 113 Å². The van der Waals surface area contributed by atoms with Gasteiger partial charge in [0.15, 0.2) is 0 Å². The number of likely N-dealkylation sites (N-methyl/N-ethyl adjacent to an activating group) is 1. The summed E-state index contributed by atoms with van der Waals surface area (Å²) in [4.78, 5) is 29.3. The fraction of sp³-hybridized carbons (Fsp3) is 0.364. The molecule has 2 heterocycles. The zero-order valence-corrected chi connectivity index (χ0v) is 18.2. The molecule has 0 radical (unpaired) electrons. The van der Waals surface area contributed by atoms with Gasteiger partial charge in [-0.1, -0.05) is 12.1 Å². The molecule has 164 valence electrons. The molecule has 2 aromatic rings. The molecular formula is C22H26N4O4S. The highest BCUT2D eigenvalue weighted by molar-refractivity contribution is 7.89. The summed E-state index contributed by atoms with van der Waals surface area (Å²) < 4.78 is 22.6. The van der Waals surface area contributed by atoms with Crippen LogP contribution in [0.3, 0.4) is 0 Å². The molecule has 2 aromatic carbocycles. The zero-order valence-electron chi connectivity index (χ0n) is 17.4. The summed E-state index contributed by atoms with van der Waals surface area (Å²) in [5.41, 5.74) is 3.14. The van der Waals surface area contributed by atoms with E-state index in [1.165, 1.54) is 12.1 Å². The van der Waals surface area contributed by atoms with Gasteiger partial charge in [0.1, 0.15) is 6.04 Å². The van der Waals surface area contributed by atoms with Gasteiger partial charge in [0.25, 0.3) is 5.91 Å². The summed E-state index contributed by atoms with van der Waals surface area (Å²) in [7, 11) is -1.95. The number of nitrogens with one attached hydrogen (secondary N) is 1. The Morgan fingerprint density at radius 1 is 1.13 bits per heavy atom. The molecular weight excluding hydrogens is 416 g/mol. The molecule has 8 nitrogen and oxygen atoms in total. The lowest BCUT2D eigenvalue weighted by Gasteiger charge is -2.44. The average Bonchev–Trinajstić information content (AvgIpc) is 2.77. The molecule has 1 saturated heterocycles. The van der Waals surface area contributed by atoms with Gasteiger partial charge in [0.2, 0.25) is 15.9 Å². The highest BCUT2D eigenvalue weighted by Crippen LogP contribution is 2.39. The van der Waals surface area contributed by atoms with Gasteiger partial charge in [-0.2, -0.15) is 0 Å². The lowest BCUT2D eigenvalue weighted by Crippen LogP contribution is -2.54. The van der Waals surface area contributed by atoms with Crippen molar-refractivity contribution < 1.29 is 18.0 Å². The number of primary sulfonamides is 1. The first kappa shape index (κ1) is 21.3. The normalized spacial score (nSPS) is 18.4. The Balaban J connectivity index is 1.42. The molecule has 0 aromatic heterocycles. The van der Waals surface area contributed by atoms with Crippen LogP contribution in [0.2, 0.25) is 0 Å². The first-order valence-corrected chi connectivity index (χ1v) is 11.9. The predicted molar refractivity (Wildman–Crippen MR) is 119 cm³/mol. The number of anilines is 2. The Morgan fingerprint density at radius 3 is 2.58 bits per heavy atom. The third-order valence-electron chi connectivity index (χ3n) is 5.98. The van der Waals surface area contributed by atoms with E-state index in [0.29, 0.717) is 18.5 Å². The highest BCUT2D eigenvalue weighted by Gasteiger charge is 2.37. The fourth-order valence-electron chi connectivity index (χ4n) is 4.26. The van der Waals surface area contributed by atoms with Crippen LogP contribution in [-0.2, 0) is 21.2 Å². The molecule has 1 atom stereocenters. The minimum absolute atomic E-state index is 0.0592. The number of nitrogens with zero attached hydrogens (tertiary/aromatic N) is 2. The maximum absolute atomic E-state index is 12.8. The SMILES string of the molecule is CN1C(=O)[C@@H]2CCCCN2c2ccc(C(=O)NCCc3ccc(S(N)(=O)=O)cc3)cc21. The lowest BCUT2D eigenvalue weighted by atomic mass is 9.96. The monoisotopic (exact) mass is 442 g/mol. The Hall–Kier alpha value is -2.91. The first-order chi connectivity index (χ1) is 14.8. The summed E-state index contributed by atoms with van der Waals surface area (Å²) in [5.74, 6) is -0.140. The van der Waals surface area contributed by atoms with Crippen molar-refractivity contribution in [3.63, 3.8) is 0 Å². The van der Waals surface area contributed by atoms with Gasteiger partial charge in [-0.05, 0) is 61.6 Å². The summed E-state index contributed by atoms with van der Waals surface area (Å²) >= 11 is 0. The van der Waals surface area contributed by atoms with Crippen molar-refractivity contribution in [1.29, 1.82) is 0 Å². The molecule has 9 heteroatoms. The third-order valence-corrected chi connectivity index (χ3v) is 6.91. The van der Waals surface area contributed by atoms with E-state index in [1.807, 2.05) is 6.07 Å². The molecule has 1 fully saturated rings. The maximum atomic E-state index is 12.8. The predicted octanol–water partition coefficient (Wildman–Crippen LogP) is 1.64.